The van der Waals surface area contributed by atoms with Gasteiger partial charge in [-0.2, -0.15) is 0 Å². The van der Waals surface area contributed by atoms with Crippen LogP contribution in [0.1, 0.15) is 16.1 Å². The minimum absolute atomic E-state index is 0.0526. The molecule has 0 fully saturated rings. The van der Waals surface area contributed by atoms with Crippen molar-refractivity contribution in [1.29, 1.82) is 0 Å². The summed E-state index contributed by atoms with van der Waals surface area (Å²) in [4.78, 5) is 17.0. The van der Waals surface area contributed by atoms with Crippen LogP contribution < -0.4 is 5.32 Å². The SMILES string of the molecule is CN(C)S(=O)(=O)c1cc(C(=O)NCc2ccc(-c3nc4ccccc4s3)o2)ccc1Cl. The Hall–Kier alpha value is -2.72. The van der Waals surface area contributed by atoms with Gasteiger partial charge in [-0.1, -0.05) is 23.7 Å². The molecule has 4 aromatic rings. The predicted molar refractivity (Wildman–Crippen MR) is 121 cm³/mol. The molecule has 160 valence electrons. The average molecular weight is 476 g/mol. The Labute approximate surface area is 188 Å². The molecule has 0 atom stereocenters. The van der Waals surface area contributed by atoms with E-state index in [-0.39, 0.29) is 22.0 Å². The summed E-state index contributed by atoms with van der Waals surface area (Å²) in [7, 11) is -0.970. The normalized spacial score (nSPS) is 11.9. The van der Waals surface area contributed by atoms with Crippen molar-refractivity contribution >= 4 is 49.1 Å². The standard InChI is InChI=1S/C21H18ClN3O4S2/c1-25(2)31(27,28)19-11-13(7-9-15(19)22)20(26)23-12-14-8-10-17(29-14)21-24-16-5-3-4-6-18(16)30-21/h3-11H,12H2,1-2H3,(H,23,26). The van der Waals surface area contributed by atoms with E-state index in [4.69, 9.17) is 16.0 Å². The molecule has 0 unspecified atom stereocenters. The van der Waals surface area contributed by atoms with Gasteiger partial charge < -0.3 is 9.73 Å². The summed E-state index contributed by atoms with van der Waals surface area (Å²) in [5.41, 5.74) is 1.09. The number of para-hydroxylation sites is 1. The Morgan fingerprint density at radius 2 is 1.94 bits per heavy atom. The molecule has 10 heteroatoms. The minimum atomic E-state index is -3.77. The Bertz CT molecular complexity index is 1340. The topological polar surface area (TPSA) is 92.5 Å². The highest BCUT2D eigenvalue weighted by Crippen LogP contribution is 2.31. The number of carbonyl (C=O) groups excluding carboxylic acids is 1. The number of benzene rings is 2. The van der Waals surface area contributed by atoms with E-state index < -0.39 is 15.9 Å². The number of nitrogens with zero attached hydrogens (tertiary/aromatic N) is 2. The number of amides is 1. The lowest BCUT2D eigenvalue weighted by molar-refractivity contribution is 0.0948. The zero-order valence-electron chi connectivity index (χ0n) is 16.6. The molecule has 0 aliphatic carbocycles. The van der Waals surface area contributed by atoms with E-state index in [1.165, 1.54) is 43.6 Å². The van der Waals surface area contributed by atoms with Gasteiger partial charge in [0.2, 0.25) is 10.0 Å². The number of nitrogens with one attached hydrogen (secondary N) is 1. The van der Waals surface area contributed by atoms with E-state index in [1.807, 2.05) is 30.3 Å². The second-order valence-electron chi connectivity index (χ2n) is 6.87. The van der Waals surface area contributed by atoms with Gasteiger partial charge in [-0.3, -0.25) is 4.79 Å². The van der Waals surface area contributed by atoms with E-state index in [1.54, 1.807) is 6.07 Å². The summed E-state index contributed by atoms with van der Waals surface area (Å²) >= 11 is 7.56. The largest absolute Gasteiger partial charge is 0.457 e. The van der Waals surface area contributed by atoms with Crippen molar-refractivity contribution in [1.82, 2.24) is 14.6 Å². The lowest BCUT2D eigenvalue weighted by atomic mass is 10.2. The van der Waals surface area contributed by atoms with Crippen LogP contribution in [0.2, 0.25) is 5.02 Å². The molecule has 2 aromatic heterocycles. The van der Waals surface area contributed by atoms with E-state index in [9.17, 15) is 13.2 Å². The molecule has 4 rings (SSSR count). The number of hydrogen-bond acceptors (Lipinski definition) is 6. The van der Waals surface area contributed by atoms with Crippen molar-refractivity contribution < 1.29 is 17.6 Å². The maximum Gasteiger partial charge on any atom is 0.251 e. The summed E-state index contributed by atoms with van der Waals surface area (Å²) in [5.74, 6) is 0.735. The highest BCUT2D eigenvalue weighted by Gasteiger charge is 2.22. The Balaban J connectivity index is 1.48. The quantitative estimate of drug-likeness (QED) is 0.446. The van der Waals surface area contributed by atoms with Gasteiger partial charge in [-0.25, -0.2) is 17.7 Å². The van der Waals surface area contributed by atoms with Crippen molar-refractivity contribution in [3.05, 3.63) is 70.9 Å². The highest BCUT2D eigenvalue weighted by atomic mass is 35.5. The number of carbonyl (C=O) groups is 1. The van der Waals surface area contributed by atoms with Crippen LogP contribution in [0.3, 0.4) is 0 Å². The lowest BCUT2D eigenvalue weighted by Gasteiger charge is -2.13. The number of furan rings is 1. The first-order valence-corrected chi connectivity index (χ1v) is 11.8. The summed E-state index contributed by atoms with van der Waals surface area (Å²) in [6.07, 6.45) is 0. The molecule has 0 spiro atoms. The Morgan fingerprint density at radius 3 is 2.68 bits per heavy atom. The fourth-order valence-electron chi connectivity index (χ4n) is 2.87. The van der Waals surface area contributed by atoms with Crippen molar-refractivity contribution in [2.45, 2.75) is 11.4 Å². The molecule has 0 aliphatic rings. The number of halogens is 1. The van der Waals surface area contributed by atoms with Crippen LogP contribution >= 0.6 is 22.9 Å². The van der Waals surface area contributed by atoms with Crippen LogP contribution in [-0.2, 0) is 16.6 Å². The lowest BCUT2D eigenvalue weighted by Crippen LogP contribution is -2.25. The van der Waals surface area contributed by atoms with Crippen molar-refractivity contribution in [2.24, 2.45) is 0 Å². The minimum Gasteiger partial charge on any atom is -0.457 e. The number of fused-ring (bicyclic) bond motifs is 1. The Morgan fingerprint density at radius 1 is 1.16 bits per heavy atom. The smallest absolute Gasteiger partial charge is 0.251 e. The molecule has 1 amide bonds. The molecule has 31 heavy (non-hydrogen) atoms. The highest BCUT2D eigenvalue weighted by molar-refractivity contribution is 7.89. The summed E-state index contributed by atoms with van der Waals surface area (Å²) in [6.45, 7) is 0.141. The first-order valence-electron chi connectivity index (χ1n) is 9.20. The van der Waals surface area contributed by atoms with Crippen LogP contribution in [0, 0.1) is 0 Å². The second-order valence-corrected chi connectivity index (χ2v) is 10.4. The predicted octanol–water partition coefficient (Wildman–Crippen LogP) is 4.39. The maximum absolute atomic E-state index is 12.6. The zero-order valence-corrected chi connectivity index (χ0v) is 19.0. The molecule has 0 saturated carbocycles. The molecular weight excluding hydrogens is 458 g/mol. The molecular formula is C21H18ClN3O4S2. The first kappa shape index (κ1) is 21.5. The van der Waals surface area contributed by atoms with Crippen molar-refractivity contribution in [3.63, 3.8) is 0 Å². The maximum atomic E-state index is 12.6. The van der Waals surface area contributed by atoms with Crippen LogP contribution in [0.5, 0.6) is 0 Å². The molecule has 0 radical (unpaired) electrons. The summed E-state index contributed by atoms with van der Waals surface area (Å²) in [6, 6.07) is 15.5. The van der Waals surface area contributed by atoms with E-state index >= 15 is 0 Å². The van der Waals surface area contributed by atoms with Crippen LogP contribution in [0.15, 0.2) is 63.9 Å². The first-order chi connectivity index (χ1) is 14.8. The fourth-order valence-corrected chi connectivity index (χ4v) is 5.20. The number of sulfonamides is 1. The van der Waals surface area contributed by atoms with Gasteiger partial charge in [0.1, 0.15) is 10.7 Å². The third-order valence-electron chi connectivity index (χ3n) is 4.54. The fraction of sp³-hybridized carbons (Fsp3) is 0.143. The van der Waals surface area contributed by atoms with Gasteiger partial charge in [0, 0.05) is 19.7 Å². The third-order valence-corrected chi connectivity index (χ3v) is 7.89. The third kappa shape index (κ3) is 4.35. The molecule has 7 nitrogen and oxygen atoms in total. The van der Waals surface area contributed by atoms with Crippen LogP contribution in [0.4, 0.5) is 0 Å². The van der Waals surface area contributed by atoms with Gasteiger partial charge in [0.25, 0.3) is 5.91 Å². The van der Waals surface area contributed by atoms with Crippen molar-refractivity contribution in [3.8, 4) is 10.8 Å². The Kier molecular flexibility index (Phi) is 5.85. The average Bonchev–Trinajstić information content (AvgIpc) is 3.38. The van der Waals surface area contributed by atoms with E-state index in [0.29, 0.717) is 11.5 Å². The number of hydrogen-bond donors (Lipinski definition) is 1. The van der Waals surface area contributed by atoms with Gasteiger partial charge in [0.15, 0.2) is 10.8 Å². The molecule has 1 N–H and O–H groups in total. The molecule has 2 heterocycles. The van der Waals surface area contributed by atoms with Crippen LogP contribution in [-0.4, -0.2) is 37.7 Å². The molecule has 2 aromatic carbocycles. The van der Waals surface area contributed by atoms with E-state index in [2.05, 4.69) is 10.3 Å². The monoisotopic (exact) mass is 475 g/mol. The molecule has 0 saturated heterocycles. The van der Waals surface area contributed by atoms with Crippen molar-refractivity contribution in [2.75, 3.05) is 14.1 Å². The summed E-state index contributed by atoms with van der Waals surface area (Å²) in [5, 5.41) is 3.54. The van der Waals surface area contributed by atoms with E-state index in [0.717, 1.165) is 19.5 Å². The number of aromatic nitrogens is 1. The van der Waals surface area contributed by atoms with Gasteiger partial charge in [-0.15, -0.1) is 11.3 Å². The number of rotatable bonds is 6. The van der Waals surface area contributed by atoms with Gasteiger partial charge in [0.05, 0.1) is 21.8 Å². The van der Waals surface area contributed by atoms with Gasteiger partial charge in [-0.05, 0) is 42.5 Å². The van der Waals surface area contributed by atoms with Gasteiger partial charge >= 0.3 is 0 Å². The molecule has 0 aliphatic heterocycles. The van der Waals surface area contributed by atoms with Crippen LogP contribution in [0.25, 0.3) is 21.0 Å². The second kappa shape index (κ2) is 8.43. The summed E-state index contributed by atoms with van der Waals surface area (Å²) < 4.78 is 32.7. The molecule has 0 bridgehead atoms. The number of thiazole rings is 1. The zero-order chi connectivity index (χ0) is 22.2.